The van der Waals surface area contributed by atoms with Crippen LogP contribution in [-0.4, -0.2) is 10.9 Å². The number of benzene rings is 2. The molecular formula is C13H8F2O2. The Hall–Kier alpha value is -2.23. The van der Waals surface area contributed by atoms with E-state index < -0.39 is 17.4 Å². The molecule has 0 heterocycles. The van der Waals surface area contributed by atoms with Crippen LogP contribution in [0.15, 0.2) is 42.5 Å². The predicted octanol–water partition coefficient (Wildman–Crippen LogP) is 2.90. The van der Waals surface area contributed by atoms with Crippen molar-refractivity contribution in [2.45, 2.75) is 0 Å². The number of phenols is 1. The summed E-state index contributed by atoms with van der Waals surface area (Å²) in [5.74, 6) is -1.94. The third kappa shape index (κ3) is 2.30. The number of phenolic OH excluding ortho intramolecular Hbond substituents is 1. The molecule has 0 aliphatic heterocycles. The Labute approximate surface area is 96.1 Å². The molecule has 0 spiro atoms. The molecule has 0 unspecified atom stereocenters. The number of aromatic hydroxyl groups is 1. The van der Waals surface area contributed by atoms with E-state index in [-0.39, 0.29) is 16.9 Å². The Morgan fingerprint density at radius 2 is 1.53 bits per heavy atom. The van der Waals surface area contributed by atoms with Crippen molar-refractivity contribution in [3.8, 4) is 5.75 Å². The van der Waals surface area contributed by atoms with Crippen LogP contribution < -0.4 is 0 Å². The third-order valence-electron chi connectivity index (χ3n) is 2.31. The Bertz CT molecular complexity index is 562. The largest absolute Gasteiger partial charge is 0.507 e. The SMILES string of the molecule is O=C(c1ccc(F)cc1)c1cc(F)ccc1O. The Morgan fingerprint density at radius 1 is 0.941 bits per heavy atom. The lowest BCUT2D eigenvalue weighted by Crippen LogP contribution is -2.02. The maximum absolute atomic E-state index is 13.0. The quantitative estimate of drug-likeness (QED) is 0.811. The molecule has 1 N–H and O–H groups in total. The number of carbonyl (C=O) groups is 1. The summed E-state index contributed by atoms with van der Waals surface area (Å²) < 4.78 is 25.6. The average Bonchev–Trinajstić information content (AvgIpc) is 2.32. The molecule has 0 aliphatic carbocycles. The van der Waals surface area contributed by atoms with Crippen LogP contribution in [0, 0.1) is 11.6 Å². The first-order chi connectivity index (χ1) is 8.08. The van der Waals surface area contributed by atoms with Crippen molar-refractivity contribution >= 4 is 5.78 Å². The maximum atomic E-state index is 13.0. The highest BCUT2D eigenvalue weighted by Crippen LogP contribution is 2.21. The zero-order valence-electron chi connectivity index (χ0n) is 8.65. The number of carbonyl (C=O) groups excluding carboxylic acids is 1. The minimum absolute atomic E-state index is 0.142. The Morgan fingerprint density at radius 3 is 2.18 bits per heavy atom. The highest BCUT2D eigenvalue weighted by atomic mass is 19.1. The van der Waals surface area contributed by atoms with Crippen LogP contribution in [0.3, 0.4) is 0 Å². The fraction of sp³-hybridized carbons (Fsp3) is 0. The van der Waals surface area contributed by atoms with Crippen LogP contribution in [0.1, 0.15) is 15.9 Å². The molecule has 2 rings (SSSR count). The first kappa shape index (κ1) is 11.3. The van der Waals surface area contributed by atoms with Gasteiger partial charge in [-0.1, -0.05) is 0 Å². The molecule has 0 saturated heterocycles. The predicted molar refractivity (Wildman–Crippen MR) is 57.9 cm³/mol. The molecule has 0 fully saturated rings. The van der Waals surface area contributed by atoms with Gasteiger partial charge in [-0.3, -0.25) is 4.79 Å². The van der Waals surface area contributed by atoms with Gasteiger partial charge in [-0.2, -0.15) is 0 Å². The fourth-order valence-corrected chi connectivity index (χ4v) is 1.45. The van der Waals surface area contributed by atoms with E-state index in [9.17, 15) is 18.7 Å². The number of hydrogen-bond acceptors (Lipinski definition) is 2. The number of halogens is 2. The van der Waals surface area contributed by atoms with Gasteiger partial charge in [-0.25, -0.2) is 8.78 Å². The maximum Gasteiger partial charge on any atom is 0.196 e. The summed E-state index contributed by atoms with van der Waals surface area (Å²) in [5, 5.41) is 9.46. The monoisotopic (exact) mass is 234 g/mol. The van der Waals surface area contributed by atoms with E-state index in [1.165, 1.54) is 12.1 Å². The van der Waals surface area contributed by atoms with Crippen LogP contribution in [0.5, 0.6) is 5.75 Å². The summed E-state index contributed by atoms with van der Waals surface area (Å²) in [6, 6.07) is 7.92. The van der Waals surface area contributed by atoms with E-state index in [2.05, 4.69) is 0 Å². The fourth-order valence-electron chi connectivity index (χ4n) is 1.45. The number of hydrogen-bond donors (Lipinski definition) is 1. The minimum atomic E-state index is -0.617. The van der Waals surface area contributed by atoms with E-state index in [1.807, 2.05) is 0 Å². The standard InChI is InChI=1S/C13H8F2O2/c14-9-3-1-8(2-4-9)13(17)11-7-10(15)5-6-12(11)16/h1-7,16H. The second kappa shape index (κ2) is 4.33. The second-order valence-electron chi connectivity index (χ2n) is 3.50. The topological polar surface area (TPSA) is 37.3 Å². The molecule has 86 valence electrons. The van der Waals surface area contributed by atoms with Gasteiger partial charge in [0.25, 0.3) is 0 Å². The zero-order valence-corrected chi connectivity index (χ0v) is 8.65. The van der Waals surface area contributed by atoms with Gasteiger partial charge in [0.2, 0.25) is 0 Å². The van der Waals surface area contributed by atoms with Gasteiger partial charge in [0, 0.05) is 5.56 Å². The summed E-state index contributed by atoms with van der Waals surface area (Å²) >= 11 is 0. The van der Waals surface area contributed by atoms with Crippen molar-refractivity contribution in [2.75, 3.05) is 0 Å². The van der Waals surface area contributed by atoms with Crippen LogP contribution in [0.2, 0.25) is 0 Å². The molecule has 2 aromatic carbocycles. The number of rotatable bonds is 2. The summed E-state index contributed by atoms with van der Waals surface area (Å²) in [6.07, 6.45) is 0. The summed E-state index contributed by atoms with van der Waals surface area (Å²) in [6.45, 7) is 0. The highest BCUT2D eigenvalue weighted by Gasteiger charge is 2.14. The van der Waals surface area contributed by atoms with E-state index in [1.54, 1.807) is 0 Å². The Kier molecular flexibility index (Phi) is 2.87. The van der Waals surface area contributed by atoms with Gasteiger partial charge in [0.1, 0.15) is 17.4 Å². The zero-order chi connectivity index (χ0) is 12.4. The molecule has 0 bridgehead atoms. The van der Waals surface area contributed by atoms with Crippen LogP contribution >= 0.6 is 0 Å². The lowest BCUT2D eigenvalue weighted by atomic mass is 10.0. The molecule has 0 amide bonds. The third-order valence-corrected chi connectivity index (χ3v) is 2.31. The molecule has 0 saturated carbocycles. The van der Waals surface area contributed by atoms with Crippen molar-refractivity contribution in [1.29, 1.82) is 0 Å². The molecule has 0 radical (unpaired) electrons. The molecule has 4 heteroatoms. The normalized spacial score (nSPS) is 10.2. The van der Waals surface area contributed by atoms with Gasteiger partial charge >= 0.3 is 0 Å². The first-order valence-electron chi connectivity index (χ1n) is 4.87. The second-order valence-corrected chi connectivity index (χ2v) is 3.50. The summed E-state index contributed by atoms with van der Waals surface area (Å²) in [4.78, 5) is 11.9. The van der Waals surface area contributed by atoms with Crippen LogP contribution in [0.4, 0.5) is 8.78 Å². The van der Waals surface area contributed by atoms with Crippen molar-refractivity contribution in [1.82, 2.24) is 0 Å². The lowest BCUT2D eigenvalue weighted by Gasteiger charge is -2.04. The summed E-state index contributed by atoms with van der Waals surface area (Å²) in [5.41, 5.74) is 0.0453. The molecule has 0 atom stereocenters. The van der Waals surface area contributed by atoms with Crippen molar-refractivity contribution in [3.05, 3.63) is 65.2 Å². The van der Waals surface area contributed by atoms with Gasteiger partial charge in [-0.05, 0) is 42.5 Å². The van der Waals surface area contributed by atoms with E-state index in [0.29, 0.717) is 0 Å². The van der Waals surface area contributed by atoms with E-state index >= 15 is 0 Å². The van der Waals surface area contributed by atoms with Gasteiger partial charge in [-0.15, -0.1) is 0 Å². The van der Waals surface area contributed by atoms with Gasteiger partial charge in [0.15, 0.2) is 5.78 Å². The molecule has 2 aromatic rings. The van der Waals surface area contributed by atoms with Crippen LogP contribution in [-0.2, 0) is 0 Å². The molecule has 0 aliphatic rings. The van der Waals surface area contributed by atoms with Gasteiger partial charge in [0.05, 0.1) is 5.56 Å². The molecule has 2 nitrogen and oxygen atoms in total. The number of ketones is 1. The van der Waals surface area contributed by atoms with Gasteiger partial charge < -0.3 is 5.11 Å². The minimum Gasteiger partial charge on any atom is -0.507 e. The van der Waals surface area contributed by atoms with E-state index in [4.69, 9.17) is 0 Å². The van der Waals surface area contributed by atoms with Crippen molar-refractivity contribution < 1.29 is 18.7 Å². The molecule has 0 aromatic heterocycles. The molecular weight excluding hydrogens is 226 g/mol. The molecule has 17 heavy (non-hydrogen) atoms. The van der Waals surface area contributed by atoms with Crippen molar-refractivity contribution in [2.24, 2.45) is 0 Å². The highest BCUT2D eigenvalue weighted by molar-refractivity contribution is 6.10. The van der Waals surface area contributed by atoms with E-state index in [0.717, 1.165) is 30.3 Å². The average molecular weight is 234 g/mol. The van der Waals surface area contributed by atoms with Crippen molar-refractivity contribution in [3.63, 3.8) is 0 Å². The Balaban J connectivity index is 2.43. The lowest BCUT2D eigenvalue weighted by molar-refractivity contribution is 0.103. The smallest absolute Gasteiger partial charge is 0.196 e. The summed E-state index contributed by atoms with van der Waals surface area (Å²) in [7, 11) is 0. The first-order valence-corrected chi connectivity index (χ1v) is 4.87. The van der Waals surface area contributed by atoms with Crippen LogP contribution in [0.25, 0.3) is 0 Å².